The molecule has 0 spiro atoms. The number of benzene rings is 1. The van der Waals surface area contributed by atoms with E-state index in [0.717, 1.165) is 30.4 Å². The lowest BCUT2D eigenvalue weighted by atomic mass is 9.90. The van der Waals surface area contributed by atoms with Gasteiger partial charge in [-0.1, -0.05) is 6.42 Å². The van der Waals surface area contributed by atoms with Gasteiger partial charge in [-0.25, -0.2) is 9.37 Å². The second-order valence-electron chi connectivity index (χ2n) is 7.60. The number of anilines is 1. The highest BCUT2D eigenvalue weighted by Gasteiger charge is 2.40. The van der Waals surface area contributed by atoms with E-state index in [2.05, 4.69) is 9.88 Å². The zero-order valence-corrected chi connectivity index (χ0v) is 16.1. The van der Waals surface area contributed by atoms with Crippen molar-refractivity contribution in [1.82, 2.24) is 14.9 Å². The second kappa shape index (κ2) is 6.77. The topological polar surface area (TPSA) is 81.3 Å². The molecule has 1 unspecified atom stereocenters. The molecule has 3 heterocycles. The number of ether oxygens (including phenoxy) is 1. The third-order valence-corrected chi connectivity index (χ3v) is 6.16. The molecule has 0 saturated heterocycles. The number of rotatable bonds is 4. The van der Waals surface area contributed by atoms with Gasteiger partial charge in [0.15, 0.2) is 0 Å². The molecule has 6 nitrogen and oxygen atoms in total. The first-order valence-corrected chi connectivity index (χ1v) is 9.75. The van der Waals surface area contributed by atoms with E-state index in [4.69, 9.17) is 15.5 Å². The summed E-state index contributed by atoms with van der Waals surface area (Å²) >= 11 is 0. The summed E-state index contributed by atoms with van der Waals surface area (Å²) in [5.74, 6) is -0.0990. The Labute approximate surface area is 167 Å². The fraction of sp³-hybridized carbons (Fsp3) is 0.318. The Morgan fingerprint density at radius 2 is 2.14 bits per heavy atom. The van der Waals surface area contributed by atoms with Crippen LogP contribution in [0.15, 0.2) is 30.5 Å². The van der Waals surface area contributed by atoms with Gasteiger partial charge in [-0.15, -0.1) is 0 Å². The number of aldehydes is 1. The number of fused-ring (bicyclic) bond motifs is 2. The van der Waals surface area contributed by atoms with Crippen LogP contribution in [0.1, 0.15) is 36.6 Å². The number of carbonyl (C=O) groups excluding carboxylic acids is 1. The summed E-state index contributed by atoms with van der Waals surface area (Å²) in [7, 11) is 1.50. The molecule has 2 N–H and O–H groups in total. The Morgan fingerprint density at radius 3 is 2.83 bits per heavy atom. The first kappa shape index (κ1) is 18.0. The molecule has 3 aromatic rings. The molecular formula is C22H21FN4O2. The van der Waals surface area contributed by atoms with Crippen LogP contribution in [0.2, 0.25) is 0 Å². The number of carbonyl (C=O) groups is 1. The van der Waals surface area contributed by atoms with Crippen LogP contribution >= 0.6 is 0 Å². The van der Waals surface area contributed by atoms with E-state index in [9.17, 15) is 9.18 Å². The predicted molar refractivity (Wildman–Crippen MR) is 108 cm³/mol. The quantitative estimate of drug-likeness (QED) is 0.683. The van der Waals surface area contributed by atoms with Crippen molar-refractivity contribution in [2.24, 2.45) is 0 Å². The number of nitrogens with two attached hydrogens (primary N) is 1. The van der Waals surface area contributed by atoms with Gasteiger partial charge in [0, 0.05) is 46.5 Å². The zero-order chi connectivity index (χ0) is 20.1. The Morgan fingerprint density at radius 1 is 1.31 bits per heavy atom. The van der Waals surface area contributed by atoms with Gasteiger partial charge in [0.2, 0.25) is 5.88 Å². The largest absolute Gasteiger partial charge is 0.481 e. The summed E-state index contributed by atoms with van der Waals surface area (Å²) in [4.78, 5) is 23.1. The number of halogens is 1. The third kappa shape index (κ3) is 2.61. The van der Waals surface area contributed by atoms with Gasteiger partial charge in [0.05, 0.1) is 24.4 Å². The molecule has 7 heteroatoms. The van der Waals surface area contributed by atoms with Gasteiger partial charge in [-0.2, -0.15) is 0 Å². The minimum absolute atomic E-state index is 0.312. The SMILES string of the molecule is COc1ncccc1-c1c(F)ccc2c(N)c3c(nc12)CN(C1CCC1)C3C=O. The Balaban J connectivity index is 1.76. The van der Waals surface area contributed by atoms with Crippen LogP contribution in [-0.4, -0.2) is 34.3 Å². The van der Waals surface area contributed by atoms with Crippen LogP contribution in [0.4, 0.5) is 10.1 Å². The van der Waals surface area contributed by atoms with Crippen molar-refractivity contribution in [3.05, 3.63) is 47.5 Å². The van der Waals surface area contributed by atoms with Crippen molar-refractivity contribution in [3.63, 3.8) is 0 Å². The fourth-order valence-electron chi connectivity index (χ4n) is 4.50. The van der Waals surface area contributed by atoms with Crippen molar-refractivity contribution in [2.75, 3.05) is 12.8 Å². The van der Waals surface area contributed by atoms with Crippen molar-refractivity contribution in [3.8, 4) is 17.0 Å². The van der Waals surface area contributed by atoms with Crippen molar-refractivity contribution < 1.29 is 13.9 Å². The number of hydrogen-bond acceptors (Lipinski definition) is 6. The summed E-state index contributed by atoms with van der Waals surface area (Å²) in [5.41, 5.74) is 9.82. The lowest BCUT2D eigenvalue weighted by Gasteiger charge is -2.36. The van der Waals surface area contributed by atoms with Gasteiger partial charge in [0.25, 0.3) is 0 Å². The highest BCUT2D eigenvalue weighted by molar-refractivity contribution is 6.02. The van der Waals surface area contributed by atoms with E-state index in [1.807, 2.05) is 0 Å². The average molecular weight is 392 g/mol. The van der Waals surface area contributed by atoms with Gasteiger partial charge < -0.3 is 15.3 Å². The normalized spacial score (nSPS) is 19.2. The minimum atomic E-state index is -0.420. The number of nitrogens with zero attached hydrogens (tertiary/aromatic N) is 3. The van der Waals surface area contributed by atoms with E-state index < -0.39 is 11.9 Å². The molecule has 0 amide bonds. The van der Waals surface area contributed by atoms with Crippen LogP contribution in [0.5, 0.6) is 5.88 Å². The van der Waals surface area contributed by atoms with E-state index in [1.54, 1.807) is 24.4 Å². The number of nitrogen functional groups attached to an aromatic ring is 1. The van der Waals surface area contributed by atoms with Crippen LogP contribution in [0, 0.1) is 5.82 Å². The molecule has 1 aliphatic heterocycles. The smallest absolute Gasteiger partial charge is 0.221 e. The second-order valence-corrected chi connectivity index (χ2v) is 7.60. The molecule has 2 aliphatic rings. The standard InChI is InChI=1S/C22H21FN4O2/c1-29-22-13(6-3-9-25-22)18-15(23)8-7-14-20(24)19-16(26-21(14)18)10-27(17(19)11-28)12-4-2-5-12/h3,6-9,11-12,17H,2,4-5,10H2,1H3,(H2,24,26). The summed E-state index contributed by atoms with van der Waals surface area (Å²) in [6.07, 6.45) is 5.86. The molecule has 1 fully saturated rings. The molecule has 0 bridgehead atoms. The maximum absolute atomic E-state index is 15.0. The van der Waals surface area contributed by atoms with Gasteiger partial charge in [0.1, 0.15) is 12.1 Å². The highest BCUT2D eigenvalue weighted by atomic mass is 19.1. The van der Waals surface area contributed by atoms with Crippen LogP contribution in [0.3, 0.4) is 0 Å². The predicted octanol–water partition coefficient (Wildman–Crippen LogP) is 3.63. The maximum Gasteiger partial charge on any atom is 0.221 e. The molecule has 1 aliphatic carbocycles. The average Bonchev–Trinajstić information content (AvgIpc) is 3.04. The zero-order valence-electron chi connectivity index (χ0n) is 16.1. The van der Waals surface area contributed by atoms with Gasteiger partial charge in [-0.05, 0) is 37.1 Å². The van der Waals surface area contributed by atoms with E-state index >= 15 is 0 Å². The van der Waals surface area contributed by atoms with E-state index in [0.29, 0.717) is 46.2 Å². The van der Waals surface area contributed by atoms with Gasteiger partial charge in [-0.3, -0.25) is 9.88 Å². The summed E-state index contributed by atoms with van der Waals surface area (Å²) in [6, 6.07) is 6.47. The first-order valence-electron chi connectivity index (χ1n) is 9.75. The molecule has 29 heavy (non-hydrogen) atoms. The molecule has 148 valence electrons. The van der Waals surface area contributed by atoms with Crippen LogP contribution < -0.4 is 10.5 Å². The Bertz CT molecular complexity index is 1130. The Kier molecular flexibility index (Phi) is 4.20. The summed E-state index contributed by atoms with van der Waals surface area (Å²) < 4.78 is 20.3. The summed E-state index contributed by atoms with van der Waals surface area (Å²) in [5, 5.41) is 0.633. The van der Waals surface area contributed by atoms with Crippen LogP contribution in [-0.2, 0) is 11.3 Å². The third-order valence-electron chi connectivity index (χ3n) is 6.16. The van der Waals surface area contributed by atoms with Crippen molar-refractivity contribution in [2.45, 2.75) is 37.9 Å². The van der Waals surface area contributed by atoms with Crippen LogP contribution in [0.25, 0.3) is 22.0 Å². The molecule has 1 aromatic carbocycles. The Hall–Kier alpha value is -3.06. The maximum atomic E-state index is 15.0. The lowest BCUT2D eigenvalue weighted by Crippen LogP contribution is -2.39. The van der Waals surface area contributed by atoms with E-state index in [-0.39, 0.29) is 0 Å². The number of aromatic nitrogens is 2. The molecule has 1 atom stereocenters. The van der Waals surface area contributed by atoms with Crippen molar-refractivity contribution in [1.29, 1.82) is 0 Å². The molecule has 2 aromatic heterocycles. The molecule has 5 rings (SSSR count). The minimum Gasteiger partial charge on any atom is -0.481 e. The summed E-state index contributed by atoms with van der Waals surface area (Å²) in [6.45, 7) is 0.545. The first-order chi connectivity index (χ1) is 14.1. The van der Waals surface area contributed by atoms with Crippen molar-refractivity contribution >= 4 is 22.9 Å². The number of methoxy groups -OCH3 is 1. The lowest BCUT2D eigenvalue weighted by molar-refractivity contribution is -0.113. The monoisotopic (exact) mass is 392 g/mol. The molecule has 1 saturated carbocycles. The van der Waals surface area contributed by atoms with E-state index in [1.165, 1.54) is 19.6 Å². The number of pyridine rings is 2. The highest BCUT2D eigenvalue weighted by Crippen LogP contribution is 2.45. The number of hydrogen-bond donors (Lipinski definition) is 1. The van der Waals surface area contributed by atoms with Gasteiger partial charge >= 0.3 is 0 Å². The molecule has 0 radical (unpaired) electrons. The fourth-order valence-corrected chi connectivity index (χ4v) is 4.50. The molecular weight excluding hydrogens is 371 g/mol.